The molecule has 0 saturated heterocycles. The molecule has 0 amide bonds. The summed E-state index contributed by atoms with van der Waals surface area (Å²) in [5, 5.41) is 4.03. The smallest absolute Gasteiger partial charge is 0.121 e. The fraction of sp³-hybridized carbons (Fsp3) is 0.158. The summed E-state index contributed by atoms with van der Waals surface area (Å²) in [6.45, 7) is 4.06. The average Bonchev–Trinajstić information content (AvgIpc) is 2.99. The van der Waals surface area contributed by atoms with Gasteiger partial charge in [-0.05, 0) is 37.6 Å². The molecule has 1 N–H and O–H groups in total. The SMILES string of the molecule is CC(C)Oc1cccc(N2C=C3c4ccccc4C=CN3N2)c1. The molecule has 0 aliphatic carbocycles. The Kier molecular flexibility index (Phi) is 3.32. The Hall–Kier alpha value is -2.72. The molecule has 2 heterocycles. The Labute approximate surface area is 136 Å². The molecule has 2 aromatic carbocycles. The van der Waals surface area contributed by atoms with Crippen LogP contribution < -0.4 is 15.3 Å². The number of hydrogen-bond acceptors (Lipinski definition) is 4. The number of rotatable bonds is 3. The van der Waals surface area contributed by atoms with E-state index in [1.165, 1.54) is 11.1 Å². The number of benzene rings is 2. The number of anilines is 1. The van der Waals surface area contributed by atoms with Crippen LogP contribution in [0.5, 0.6) is 5.75 Å². The molecule has 0 radical (unpaired) electrons. The standard InChI is InChI=1S/C19H19N3O/c1-14(2)23-17-8-5-7-16(12-17)22-13-19-18-9-4-3-6-15(18)10-11-21(19)20-22/h3-14,20H,1-2H3. The van der Waals surface area contributed by atoms with Gasteiger partial charge in [0, 0.05) is 24.0 Å². The molecule has 23 heavy (non-hydrogen) atoms. The Bertz CT molecular complexity index is 795. The number of hydrogen-bond donors (Lipinski definition) is 1. The maximum absolute atomic E-state index is 5.79. The lowest BCUT2D eigenvalue weighted by Gasteiger charge is -2.25. The maximum atomic E-state index is 5.79. The third kappa shape index (κ3) is 2.58. The van der Waals surface area contributed by atoms with E-state index in [1.54, 1.807) is 0 Å². The van der Waals surface area contributed by atoms with Gasteiger partial charge >= 0.3 is 0 Å². The second kappa shape index (κ2) is 5.48. The van der Waals surface area contributed by atoms with Gasteiger partial charge < -0.3 is 4.74 Å². The van der Waals surface area contributed by atoms with Gasteiger partial charge in [-0.2, -0.15) is 0 Å². The Morgan fingerprint density at radius 1 is 1.00 bits per heavy atom. The van der Waals surface area contributed by atoms with Crippen LogP contribution in [0.25, 0.3) is 11.8 Å². The fourth-order valence-electron chi connectivity index (χ4n) is 2.84. The Balaban J connectivity index is 1.66. The third-order valence-electron chi connectivity index (χ3n) is 3.83. The normalized spacial score (nSPS) is 15.5. The first-order valence-corrected chi connectivity index (χ1v) is 7.81. The summed E-state index contributed by atoms with van der Waals surface area (Å²) in [6, 6.07) is 16.5. The minimum Gasteiger partial charge on any atom is -0.491 e. The first kappa shape index (κ1) is 13.9. The monoisotopic (exact) mass is 305 g/mol. The lowest BCUT2D eigenvalue weighted by molar-refractivity contribution is 0.242. The zero-order chi connectivity index (χ0) is 15.8. The summed E-state index contributed by atoms with van der Waals surface area (Å²) in [4.78, 5) is 0. The molecule has 0 bridgehead atoms. The Morgan fingerprint density at radius 2 is 1.87 bits per heavy atom. The molecule has 0 fully saturated rings. The molecule has 2 aromatic rings. The highest BCUT2D eigenvalue weighted by Crippen LogP contribution is 2.33. The molecule has 4 nitrogen and oxygen atoms in total. The summed E-state index contributed by atoms with van der Waals surface area (Å²) in [5.41, 5.74) is 7.99. The number of hydrazine groups is 2. The van der Waals surface area contributed by atoms with Gasteiger partial charge in [0.05, 0.1) is 17.5 Å². The van der Waals surface area contributed by atoms with Gasteiger partial charge in [0.25, 0.3) is 0 Å². The van der Waals surface area contributed by atoms with Crippen LogP contribution in [0.15, 0.2) is 60.9 Å². The van der Waals surface area contributed by atoms with Crippen LogP contribution >= 0.6 is 0 Å². The van der Waals surface area contributed by atoms with E-state index in [9.17, 15) is 0 Å². The zero-order valence-corrected chi connectivity index (χ0v) is 13.2. The molecule has 0 spiro atoms. The van der Waals surface area contributed by atoms with Crippen molar-refractivity contribution in [3.63, 3.8) is 0 Å². The highest BCUT2D eigenvalue weighted by Gasteiger charge is 2.25. The van der Waals surface area contributed by atoms with E-state index in [4.69, 9.17) is 4.74 Å². The van der Waals surface area contributed by atoms with E-state index < -0.39 is 0 Å². The molecule has 0 saturated carbocycles. The van der Waals surface area contributed by atoms with Crippen LogP contribution in [-0.4, -0.2) is 11.1 Å². The fourth-order valence-corrected chi connectivity index (χ4v) is 2.84. The maximum Gasteiger partial charge on any atom is 0.121 e. The molecular weight excluding hydrogens is 286 g/mol. The molecule has 0 unspecified atom stereocenters. The minimum absolute atomic E-state index is 0.163. The van der Waals surface area contributed by atoms with Gasteiger partial charge in [0.1, 0.15) is 5.75 Å². The van der Waals surface area contributed by atoms with Crippen LogP contribution in [0.4, 0.5) is 5.69 Å². The highest BCUT2D eigenvalue weighted by molar-refractivity contribution is 5.80. The third-order valence-corrected chi connectivity index (χ3v) is 3.83. The van der Waals surface area contributed by atoms with Gasteiger partial charge in [-0.3, -0.25) is 10.0 Å². The second-order valence-electron chi connectivity index (χ2n) is 5.92. The van der Waals surface area contributed by atoms with Gasteiger partial charge in [-0.25, -0.2) is 0 Å². The predicted octanol–water partition coefficient (Wildman–Crippen LogP) is 4.00. The largest absolute Gasteiger partial charge is 0.491 e. The number of ether oxygens (including phenoxy) is 1. The van der Waals surface area contributed by atoms with E-state index in [0.29, 0.717) is 0 Å². The zero-order valence-electron chi connectivity index (χ0n) is 13.2. The highest BCUT2D eigenvalue weighted by atomic mass is 16.5. The molecule has 4 heteroatoms. The van der Waals surface area contributed by atoms with Crippen molar-refractivity contribution in [1.82, 2.24) is 10.5 Å². The van der Waals surface area contributed by atoms with Gasteiger partial charge in [0.2, 0.25) is 0 Å². The molecular formula is C19H19N3O. The number of nitrogens with one attached hydrogen (secondary N) is 1. The summed E-state index contributed by atoms with van der Waals surface area (Å²) >= 11 is 0. The van der Waals surface area contributed by atoms with Crippen LogP contribution in [0.3, 0.4) is 0 Å². The topological polar surface area (TPSA) is 27.7 Å². The van der Waals surface area contributed by atoms with Crippen molar-refractivity contribution >= 4 is 17.5 Å². The number of nitrogens with zero attached hydrogens (tertiary/aromatic N) is 2. The second-order valence-corrected chi connectivity index (χ2v) is 5.92. The summed E-state index contributed by atoms with van der Waals surface area (Å²) < 4.78 is 5.79. The van der Waals surface area contributed by atoms with E-state index in [-0.39, 0.29) is 6.10 Å². The van der Waals surface area contributed by atoms with Gasteiger partial charge in [-0.15, -0.1) is 5.53 Å². The van der Waals surface area contributed by atoms with Crippen LogP contribution in [0.2, 0.25) is 0 Å². The van der Waals surface area contributed by atoms with Gasteiger partial charge in [0.15, 0.2) is 0 Å². The van der Waals surface area contributed by atoms with E-state index in [2.05, 4.69) is 48.1 Å². The Morgan fingerprint density at radius 3 is 2.74 bits per heavy atom. The minimum atomic E-state index is 0.163. The number of fused-ring (bicyclic) bond motifs is 3. The predicted molar refractivity (Wildman–Crippen MR) is 93.1 cm³/mol. The summed E-state index contributed by atoms with van der Waals surface area (Å²) in [6.07, 6.45) is 6.43. The molecule has 0 aromatic heterocycles. The van der Waals surface area contributed by atoms with E-state index in [1.807, 2.05) is 48.3 Å². The van der Waals surface area contributed by atoms with Crippen molar-refractivity contribution in [1.29, 1.82) is 0 Å². The molecule has 4 rings (SSSR count). The molecule has 0 atom stereocenters. The van der Waals surface area contributed by atoms with Crippen LogP contribution in [0, 0.1) is 0 Å². The van der Waals surface area contributed by atoms with Gasteiger partial charge in [-0.1, -0.05) is 30.3 Å². The first-order chi connectivity index (χ1) is 11.2. The average molecular weight is 305 g/mol. The van der Waals surface area contributed by atoms with Crippen molar-refractivity contribution in [3.05, 3.63) is 72.1 Å². The van der Waals surface area contributed by atoms with Crippen LogP contribution in [-0.2, 0) is 0 Å². The molecule has 2 aliphatic rings. The van der Waals surface area contributed by atoms with Crippen molar-refractivity contribution in [2.45, 2.75) is 20.0 Å². The van der Waals surface area contributed by atoms with E-state index in [0.717, 1.165) is 17.1 Å². The first-order valence-electron chi connectivity index (χ1n) is 7.81. The summed E-state index contributed by atoms with van der Waals surface area (Å²) in [5.74, 6) is 0.874. The van der Waals surface area contributed by atoms with Crippen molar-refractivity contribution < 1.29 is 4.74 Å². The molecule has 116 valence electrons. The van der Waals surface area contributed by atoms with Crippen molar-refractivity contribution in [2.75, 3.05) is 5.01 Å². The molecule has 2 aliphatic heterocycles. The van der Waals surface area contributed by atoms with Crippen LogP contribution in [0.1, 0.15) is 25.0 Å². The lowest BCUT2D eigenvalue weighted by atomic mass is 10.0. The quantitative estimate of drug-likeness (QED) is 0.927. The van der Waals surface area contributed by atoms with Crippen molar-refractivity contribution in [2.24, 2.45) is 0 Å². The van der Waals surface area contributed by atoms with E-state index >= 15 is 0 Å². The van der Waals surface area contributed by atoms with Crippen molar-refractivity contribution in [3.8, 4) is 5.75 Å². The lowest BCUT2D eigenvalue weighted by Crippen LogP contribution is -2.37. The summed E-state index contributed by atoms with van der Waals surface area (Å²) in [7, 11) is 0.